The van der Waals surface area contributed by atoms with E-state index in [0.29, 0.717) is 6.54 Å². The van der Waals surface area contributed by atoms with Gasteiger partial charge in [-0.25, -0.2) is 0 Å². The summed E-state index contributed by atoms with van der Waals surface area (Å²) in [5.41, 5.74) is 6.98. The minimum atomic E-state index is -0.412. The Kier molecular flexibility index (Phi) is 5.32. The fraction of sp³-hybridized carbons (Fsp3) is 0.385. The first kappa shape index (κ1) is 14.2. The molecule has 0 aromatic heterocycles. The van der Waals surface area contributed by atoms with Crippen LogP contribution in [0.5, 0.6) is 0 Å². The lowest BCUT2D eigenvalue weighted by atomic mass is 10.2. The Labute approximate surface area is 107 Å². The SMILES string of the molecule is CNCC(=O)N(CCC(N)=O)c1cccc(C)c1. The number of primary amides is 1. The van der Waals surface area contributed by atoms with Gasteiger partial charge in [-0.15, -0.1) is 0 Å². The molecule has 5 heteroatoms. The highest BCUT2D eigenvalue weighted by Gasteiger charge is 2.15. The molecule has 0 aliphatic carbocycles. The number of benzene rings is 1. The van der Waals surface area contributed by atoms with Crippen LogP contribution in [0.1, 0.15) is 12.0 Å². The van der Waals surface area contributed by atoms with Gasteiger partial charge in [-0.05, 0) is 31.7 Å². The Morgan fingerprint density at radius 2 is 2.11 bits per heavy atom. The van der Waals surface area contributed by atoms with Crippen LogP contribution in [0, 0.1) is 6.92 Å². The average molecular weight is 249 g/mol. The third-order valence-electron chi connectivity index (χ3n) is 2.52. The standard InChI is InChI=1S/C13H19N3O2/c1-10-4-3-5-11(8-10)16(7-6-12(14)17)13(18)9-15-2/h3-5,8,15H,6-7,9H2,1-2H3,(H2,14,17). The molecule has 0 unspecified atom stereocenters. The van der Waals surface area contributed by atoms with E-state index in [9.17, 15) is 9.59 Å². The van der Waals surface area contributed by atoms with E-state index in [1.165, 1.54) is 0 Å². The number of anilines is 1. The summed E-state index contributed by atoms with van der Waals surface area (Å²) in [5.74, 6) is -0.491. The zero-order chi connectivity index (χ0) is 13.5. The van der Waals surface area contributed by atoms with E-state index in [1.807, 2.05) is 31.2 Å². The van der Waals surface area contributed by atoms with Crippen molar-refractivity contribution >= 4 is 17.5 Å². The van der Waals surface area contributed by atoms with Gasteiger partial charge in [0.2, 0.25) is 11.8 Å². The van der Waals surface area contributed by atoms with Gasteiger partial charge in [-0.3, -0.25) is 9.59 Å². The van der Waals surface area contributed by atoms with Gasteiger partial charge in [0.15, 0.2) is 0 Å². The van der Waals surface area contributed by atoms with Crippen LogP contribution < -0.4 is 16.0 Å². The van der Waals surface area contributed by atoms with E-state index in [4.69, 9.17) is 5.73 Å². The average Bonchev–Trinajstić information content (AvgIpc) is 2.29. The Balaban J connectivity index is 2.88. The first-order valence-electron chi connectivity index (χ1n) is 5.84. The van der Waals surface area contributed by atoms with E-state index < -0.39 is 5.91 Å². The van der Waals surface area contributed by atoms with Crippen LogP contribution in [0.15, 0.2) is 24.3 Å². The number of hydrogen-bond donors (Lipinski definition) is 2. The zero-order valence-corrected chi connectivity index (χ0v) is 10.8. The molecule has 18 heavy (non-hydrogen) atoms. The summed E-state index contributed by atoms with van der Waals surface area (Å²) in [6.45, 7) is 2.49. The number of rotatable bonds is 6. The van der Waals surface area contributed by atoms with Crippen molar-refractivity contribution in [3.63, 3.8) is 0 Å². The van der Waals surface area contributed by atoms with Crippen LogP contribution in [0.4, 0.5) is 5.69 Å². The number of carbonyl (C=O) groups is 2. The van der Waals surface area contributed by atoms with Gasteiger partial charge < -0.3 is 16.0 Å². The topological polar surface area (TPSA) is 75.4 Å². The molecule has 1 aromatic carbocycles. The van der Waals surface area contributed by atoms with Crippen LogP contribution in [-0.2, 0) is 9.59 Å². The van der Waals surface area contributed by atoms with E-state index >= 15 is 0 Å². The maximum Gasteiger partial charge on any atom is 0.240 e. The first-order valence-corrected chi connectivity index (χ1v) is 5.84. The van der Waals surface area contributed by atoms with Gasteiger partial charge in [0.1, 0.15) is 0 Å². The maximum atomic E-state index is 12.0. The third-order valence-corrected chi connectivity index (χ3v) is 2.52. The lowest BCUT2D eigenvalue weighted by Gasteiger charge is -2.22. The highest BCUT2D eigenvalue weighted by Crippen LogP contribution is 2.16. The normalized spacial score (nSPS) is 10.1. The van der Waals surface area contributed by atoms with Crippen molar-refractivity contribution in [2.75, 3.05) is 25.0 Å². The number of amides is 2. The summed E-state index contributed by atoms with van der Waals surface area (Å²) < 4.78 is 0. The molecule has 0 saturated heterocycles. The maximum absolute atomic E-state index is 12.0. The zero-order valence-electron chi connectivity index (χ0n) is 10.8. The van der Waals surface area contributed by atoms with Crippen LogP contribution in [0.2, 0.25) is 0 Å². The molecule has 0 spiro atoms. The van der Waals surface area contributed by atoms with E-state index in [1.54, 1.807) is 11.9 Å². The van der Waals surface area contributed by atoms with E-state index in [0.717, 1.165) is 11.3 Å². The highest BCUT2D eigenvalue weighted by molar-refractivity contribution is 5.95. The molecule has 0 heterocycles. The van der Waals surface area contributed by atoms with Crippen LogP contribution in [0.25, 0.3) is 0 Å². The summed E-state index contributed by atoms with van der Waals surface area (Å²) in [6, 6.07) is 7.60. The molecule has 5 nitrogen and oxygen atoms in total. The summed E-state index contributed by atoms with van der Waals surface area (Å²) in [6.07, 6.45) is 0.156. The van der Waals surface area contributed by atoms with Crippen LogP contribution in [0.3, 0.4) is 0 Å². The molecule has 0 saturated carbocycles. The minimum Gasteiger partial charge on any atom is -0.370 e. The van der Waals surface area contributed by atoms with Gasteiger partial charge in [0.25, 0.3) is 0 Å². The van der Waals surface area contributed by atoms with Crippen molar-refractivity contribution in [1.29, 1.82) is 0 Å². The van der Waals surface area contributed by atoms with Crippen molar-refractivity contribution in [3.8, 4) is 0 Å². The smallest absolute Gasteiger partial charge is 0.240 e. The largest absolute Gasteiger partial charge is 0.370 e. The fourth-order valence-corrected chi connectivity index (χ4v) is 1.66. The Bertz CT molecular complexity index is 432. The molecule has 98 valence electrons. The summed E-state index contributed by atoms with van der Waals surface area (Å²) >= 11 is 0. The summed E-state index contributed by atoms with van der Waals surface area (Å²) in [7, 11) is 1.71. The fourth-order valence-electron chi connectivity index (χ4n) is 1.66. The summed E-state index contributed by atoms with van der Waals surface area (Å²) in [5, 5.41) is 2.81. The Morgan fingerprint density at radius 1 is 1.39 bits per heavy atom. The Morgan fingerprint density at radius 3 is 2.67 bits per heavy atom. The van der Waals surface area contributed by atoms with E-state index in [-0.39, 0.29) is 18.9 Å². The highest BCUT2D eigenvalue weighted by atomic mass is 16.2. The van der Waals surface area contributed by atoms with Crippen molar-refractivity contribution in [2.45, 2.75) is 13.3 Å². The van der Waals surface area contributed by atoms with Gasteiger partial charge in [0.05, 0.1) is 6.54 Å². The number of nitrogens with zero attached hydrogens (tertiary/aromatic N) is 1. The molecule has 2 amide bonds. The number of nitrogens with two attached hydrogens (primary N) is 1. The molecular weight excluding hydrogens is 230 g/mol. The monoisotopic (exact) mass is 249 g/mol. The quantitative estimate of drug-likeness (QED) is 0.767. The lowest BCUT2D eigenvalue weighted by Crippen LogP contribution is -2.39. The van der Waals surface area contributed by atoms with Crippen molar-refractivity contribution in [1.82, 2.24) is 5.32 Å². The van der Waals surface area contributed by atoms with Crippen molar-refractivity contribution in [2.24, 2.45) is 5.73 Å². The Hall–Kier alpha value is -1.88. The molecule has 3 N–H and O–H groups in total. The molecule has 1 rings (SSSR count). The third kappa shape index (κ3) is 4.18. The second kappa shape index (κ2) is 6.76. The molecule has 0 radical (unpaired) electrons. The van der Waals surface area contributed by atoms with Gasteiger partial charge in [-0.2, -0.15) is 0 Å². The van der Waals surface area contributed by atoms with E-state index in [2.05, 4.69) is 5.32 Å². The number of aryl methyl sites for hydroxylation is 1. The van der Waals surface area contributed by atoms with Gasteiger partial charge >= 0.3 is 0 Å². The second-order valence-electron chi connectivity index (χ2n) is 4.13. The van der Waals surface area contributed by atoms with Crippen molar-refractivity contribution < 1.29 is 9.59 Å². The van der Waals surface area contributed by atoms with Crippen molar-refractivity contribution in [3.05, 3.63) is 29.8 Å². The molecule has 0 bridgehead atoms. The van der Waals surface area contributed by atoms with Crippen LogP contribution in [-0.4, -0.2) is 32.0 Å². The first-order chi connectivity index (χ1) is 8.54. The predicted octanol–water partition coefficient (Wildman–Crippen LogP) is 0.423. The van der Waals surface area contributed by atoms with Gasteiger partial charge in [-0.1, -0.05) is 12.1 Å². The second-order valence-corrected chi connectivity index (χ2v) is 4.13. The molecule has 0 aliphatic heterocycles. The predicted molar refractivity (Wildman–Crippen MR) is 71.3 cm³/mol. The number of likely N-dealkylation sites (N-methyl/N-ethyl adjacent to an activating group) is 1. The minimum absolute atomic E-state index is 0.0793. The molecule has 0 aliphatic rings. The van der Waals surface area contributed by atoms with Crippen LogP contribution >= 0.6 is 0 Å². The molecule has 0 fully saturated rings. The number of hydrogen-bond acceptors (Lipinski definition) is 3. The molecular formula is C13H19N3O2. The lowest BCUT2D eigenvalue weighted by molar-refractivity contribution is -0.118. The summed E-state index contributed by atoms with van der Waals surface area (Å²) in [4.78, 5) is 24.4. The van der Waals surface area contributed by atoms with Gasteiger partial charge in [0, 0.05) is 18.7 Å². The number of carbonyl (C=O) groups excluding carboxylic acids is 2. The molecule has 0 atom stereocenters. The molecule has 1 aromatic rings. The number of nitrogens with one attached hydrogen (secondary N) is 1.